The molecule has 0 saturated carbocycles. The van der Waals surface area contributed by atoms with E-state index in [1.54, 1.807) is 12.4 Å². The molecule has 5 nitrogen and oxygen atoms in total. The molecule has 1 aromatic heterocycles. The Balaban J connectivity index is 1.80. The standard InChI is InChI=1S/C15H16N4O/c1-10-15(18-9-11-4-6-17-7-5-11)19-13-3-2-12(16)8-14(13)20-10/h2-8,10H,9,16H2,1H3,(H,18,19). The van der Waals surface area contributed by atoms with E-state index < -0.39 is 0 Å². The Kier molecular flexibility index (Phi) is 3.25. The van der Waals surface area contributed by atoms with Crippen LogP contribution in [-0.4, -0.2) is 16.9 Å². The van der Waals surface area contributed by atoms with Gasteiger partial charge in [-0.1, -0.05) is 0 Å². The third kappa shape index (κ3) is 2.56. The second-order valence-electron chi connectivity index (χ2n) is 4.70. The Labute approximate surface area is 117 Å². The van der Waals surface area contributed by atoms with E-state index in [9.17, 15) is 0 Å². The summed E-state index contributed by atoms with van der Waals surface area (Å²) >= 11 is 0. The van der Waals surface area contributed by atoms with Crippen molar-refractivity contribution in [3.63, 3.8) is 0 Å². The molecule has 0 aliphatic carbocycles. The molecule has 1 aliphatic heterocycles. The SMILES string of the molecule is CC1Oc2cc(N)ccc2NC1=NCc1ccncc1. The number of nitrogen functional groups attached to an aromatic ring is 1. The van der Waals surface area contributed by atoms with Gasteiger partial charge in [0.25, 0.3) is 0 Å². The number of benzene rings is 1. The molecule has 1 aliphatic rings. The van der Waals surface area contributed by atoms with Crippen LogP contribution in [0.25, 0.3) is 0 Å². The molecule has 0 saturated heterocycles. The van der Waals surface area contributed by atoms with Crippen LogP contribution in [-0.2, 0) is 6.54 Å². The first-order valence-corrected chi connectivity index (χ1v) is 6.49. The summed E-state index contributed by atoms with van der Waals surface area (Å²) in [5.74, 6) is 1.58. The van der Waals surface area contributed by atoms with Crippen molar-refractivity contribution in [3.05, 3.63) is 48.3 Å². The summed E-state index contributed by atoms with van der Waals surface area (Å²) in [5.41, 5.74) is 8.45. The largest absolute Gasteiger partial charge is 0.481 e. The molecule has 2 heterocycles. The van der Waals surface area contributed by atoms with Crippen LogP contribution in [0.3, 0.4) is 0 Å². The van der Waals surface area contributed by atoms with Gasteiger partial charge in [0.2, 0.25) is 0 Å². The van der Waals surface area contributed by atoms with Crippen LogP contribution < -0.4 is 15.8 Å². The number of aliphatic imine (C=N–C) groups is 1. The fourth-order valence-corrected chi connectivity index (χ4v) is 2.06. The summed E-state index contributed by atoms with van der Waals surface area (Å²) < 4.78 is 5.83. The Bertz CT molecular complexity index is 640. The molecule has 2 aromatic rings. The predicted molar refractivity (Wildman–Crippen MR) is 79.9 cm³/mol. The lowest BCUT2D eigenvalue weighted by Gasteiger charge is -2.26. The summed E-state index contributed by atoms with van der Waals surface area (Å²) in [6, 6.07) is 9.46. The predicted octanol–water partition coefficient (Wildman–Crippen LogP) is 2.46. The van der Waals surface area contributed by atoms with E-state index in [-0.39, 0.29) is 6.10 Å². The van der Waals surface area contributed by atoms with Crippen LogP contribution in [0.4, 0.5) is 11.4 Å². The van der Waals surface area contributed by atoms with Crippen molar-refractivity contribution in [1.82, 2.24) is 4.98 Å². The third-order valence-electron chi connectivity index (χ3n) is 3.14. The first kappa shape index (κ1) is 12.5. The maximum Gasteiger partial charge on any atom is 0.153 e. The average Bonchev–Trinajstić information content (AvgIpc) is 2.46. The zero-order valence-corrected chi connectivity index (χ0v) is 11.2. The number of hydrogen-bond acceptors (Lipinski definition) is 4. The molecule has 3 rings (SSSR count). The number of nitrogens with one attached hydrogen (secondary N) is 1. The zero-order valence-electron chi connectivity index (χ0n) is 11.2. The highest BCUT2D eigenvalue weighted by Gasteiger charge is 2.21. The number of fused-ring (bicyclic) bond motifs is 1. The fourth-order valence-electron chi connectivity index (χ4n) is 2.06. The molecule has 102 valence electrons. The van der Waals surface area contributed by atoms with Gasteiger partial charge in [0.1, 0.15) is 11.6 Å². The Hall–Kier alpha value is -2.56. The van der Waals surface area contributed by atoms with Gasteiger partial charge in [-0.25, -0.2) is 0 Å². The normalized spacial score (nSPS) is 19.1. The molecule has 0 radical (unpaired) electrons. The van der Waals surface area contributed by atoms with Crippen molar-refractivity contribution >= 4 is 17.2 Å². The van der Waals surface area contributed by atoms with E-state index >= 15 is 0 Å². The monoisotopic (exact) mass is 268 g/mol. The van der Waals surface area contributed by atoms with E-state index in [2.05, 4.69) is 15.3 Å². The molecule has 3 N–H and O–H groups in total. The second kappa shape index (κ2) is 5.21. The van der Waals surface area contributed by atoms with Crippen LogP contribution in [0, 0.1) is 0 Å². The van der Waals surface area contributed by atoms with Crippen molar-refractivity contribution in [2.45, 2.75) is 19.6 Å². The van der Waals surface area contributed by atoms with Crippen molar-refractivity contribution in [2.24, 2.45) is 4.99 Å². The highest BCUT2D eigenvalue weighted by Crippen LogP contribution is 2.31. The summed E-state index contributed by atoms with van der Waals surface area (Å²) in [7, 11) is 0. The van der Waals surface area contributed by atoms with E-state index in [1.165, 1.54) is 0 Å². The summed E-state index contributed by atoms with van der Waals surface area (Å²) in [6.45, 7) is 2.56. The molecule has 1 unspecified atom stereocenters. The van der Waals surface area contributed by atoms with Gasteiger partial charge in [-0.15, -0.1) is 0 Å². The van der Waals surface area contributed by atoms with Gasteiger partial charge < -0.3 is 15.8 Å². The number of pyridine rings is 1. The molecule has 5 heteroatoms. The average molecular weight is 268 g/mol. The van der Waals surface area contributed by atoms with E-state index in [0.29, 0.717) is 12.2 Å². The second-order valence-corrected chi connectivity index (χ2v) is 4.70. The minimum absolute atomic E-state index is 0.119. The summed E-state index contributed by atoms with van der Waals surface area (Å²) in [4.78, 5) is 8.57. The molecule has 0 fully saturated rings. The fraction of sp³-hybridized carbons (Fsp3) is 0.200. The number of rotatable bonds is 2. The number of nitrogens with two attached hydrogens (primary N) is 1. The number of anilines is 2. The third-order valence-corrected chi connectivity index (χ3v) is 3.14. The number of hydrogen-bond donors (Lipinski definition) is 2. The topological polar surface area (TPSA) is 72.5 Å². The van der Waals surface area contributed by atoms with Gasteiger partial charge in [0.15, 0.2) is 6.10 Å². The van der Waals surface area contributed by atoms with Crippen LogP contribution in [0.1, 0.15) is 12.5 Å². The molecule has 1 atom stereocenters. The highest BCUT2D eigenvalue weighted by molar-refractivity contribution is 6.01. The number of amidine groups is 1. The summed E-state index contributed by atoms with van der Waals surface area (Å²) in [5, 5.41) is 3.30. The smallest absolute Gasteiger partial charge is 0.153 e. The quantitative estimate of drug-likeness (QED) is 0.821. The Morgan fingerprint density at radius 1 is 1.30 bits per heavy atom. The van der Waals surface area contributed by atoms with Crippen molar-refractivity contribution in [3.8, 4) is 5.75 Å². The Morgan fingerprint density at radius 2 is 2.10 bits per heavy atom. The van der Waals surface area contributed by atoms with Gasteiger partial charge >= 0.3 is 0 Å². The number of ether oxygens (including phenoxy) is 1. The maximum atomic E-state index is 5.83. The summed E-state index contributed by atoms with van der Waals surface area (Å²) in [6.07, 6.45) is 3.41. The lowest BCUT2D eigenvalue weighted by Crippen LogP contribution is -2.34. The van der Waals surface area contributed by atoms with Crippen molar-refractivity contribution < 1.29 is 4.74 Å². The minimum atomic E-state index is -0.119. The molecule has 1 aromatic carbocycles. The lowest BCUT2D eigenvalue weighted by atomic mass is 10.2. The number of nitrogens with zero attached hydrogens (tertiary/aromatic N) is 2. The first-order valence-electron chi connectivity index (χ1n) is 6.49. The number of aromatic nitrogens is 1. The molecular weight excluding hydrogens is 252 g/mol. The molecule has 0 bridgehead atoms. The van der Waals surface area contributed by atoms with Crippen LogP contribution in [0.5, 0.6) is 5.75 Å². The van der Waals surface area contributed by atoms with E-state index in [4.69, 9.17) is 10.5 Å². The zero-order chi connectivity index (χ0) is 13.9. The van der Waals surface area contributed by atoms with Gasteiger partial charge in [0.05, 0.1) is 12.2 Å². The molecule has 0 spiro atoms. The van der Waals surface area contributed by atoms with E-state index in [0.717, 1.165) is 22.8 Å². The van der Waals surface area contributed by atoms with Crippen LogP contribution in [0.2, 0.25) is 0 Å². The first-order chi connectivity index (χ1) is 9.72. The van der Waals surface area contributed by atoms with E-state index in [1.807, 2.05) is 37.3 Å². The maximum absolute atomic E-state index is 5.83. The van der Waals surface area contributed by atoms with Crippen molar-refractivity contribution in [2.75, 3.05) is 11.1 Å². The highest BCUT2D eigenvalue weighted by atomic mass is 16.5. The minimum Gasteiger partial charge on any atom is -0.481 e. The Morgan fingerprint density at radius 3 is 2.90 bits per heavy atom. The van der Waals surface area contributed by atoms with Gasteiger partial charge in [-0.05, 0) is 36.8 Å². The van der Waals surface area contributed by atoms with Crippen LogP contribution in [0.15, 0.2) is 47.7 Å². The van der Waals surface area contributed by atoms with Gasteiger partial charge in [-0.3, -0.25) is 9.98 Å². The van der Waals surface area contributed by atoms with Crippen molar-refractivity contribution in [1.29, 1.82) is 0 Å². The lowest BCUT2D eigenvalue weighted by molar-refractivity contribution is 0.282. The van der Waals surface area contributed by atoms with Gasteiger partial charge in [0, 0.05) is 24.1 Å². The van der Waals surface area contributed by atoms with Gasteiger partial charge in [-0.2, -0.15) is 0 Å². The van der Waals surface area contributed by atoms with Crippen LogP contribution >= 0.6 is 0 Å². The molecule has 0 amide bonds. The molecular formula is C15H16N4O. The molecule has 20 heavy (non-hydrogen) atoms.